The highest BCUT2D eigenvalue weighted by molar-refractivity contribution is 5.88. The van der Waals surface area contributed by atoms with Gasteiger partial charge in [-0.05, 0) is 23.3 Å². The molecular weight excluding hydrogens is 394 g/mol. The monoisotopic (exact) mass is 431 g/mol. The molecule has 1 amide bonds. The van der Waals surface area contributed by atoms with E-state index in [0.29, 0.717) is 12.3 Å². The molecule has 6 nitrogen and oxygen atoms in total. The Morgan fingerprint density at radius 3 is 2.29 bits per heavy atom. The Morgan fingerprint density at radius 2 is 1.71 bits per heavy atom. The lowest BCUT2D eigenvalue weighted by molar-refractivity contribution is -0.150. The molecule has 0 aromatic heterocycles. The van der Waals surface area contributed by atoms with Gasteiger partial charge in [0.1, 0.15) is 12.6 Å². The topological polar surface area (TPSA) is 81.7 Å². The number of rotatable bonds is 9. The second kappa shape index (κ2) is 11.9. The highest BCUT2D eigenvalue weighted by Crippen LogP contribution is 2.31. The van der Waals surface area contributed by atoms with Crippen molar-refractivity contribution < 1.29 is 23.9 Å². The summed E-state index contributed by atoms with van der Waals surface area (Å²) in [5.41, 5.74) is 0.397. The molecule has 0 bridgehead atoms. The molecule has 0 aliphatic heterocycles. The number of carbonyl (C=O) groups is 3. The number of carbonyl (C=O) groups excluding carboxylic acids is 3. The standard InChI is InChI=1S/C25H37NO5/c1-25(2,3)22(24(29)30-4)26-23(28)20(15-18-11-7-5-8-12-18)16-21(27)31-17-19-13-9-6-10-14-19/h6,9-10,13-14,18,20,22H,5,7-8,11-12,15-17H2,1-4H3,(H,26,28)/t20-,22-/m1/s1. The molecular formula is C25H37NO5. The highest BCUT2D eigenvalue weighted by atomic mass is 16.5. The molecule has 31 heavy (non-hydrogen) atoms. The van der Waals surface area contributed by atoms with Crippen LogP contribution in [0.1, 0.15) is 71.3 Å². The molecule has 1 fully saturated rings. The molecule has 1 saturated carbocycles. The third kappa shape index (κ3) is 8.35. The average molecular weight is 432 g/mol. The van der Waals surface area contributed by atoms with Gasteiger partial charge in [0.25, 0.3) is 0 Å². The molecule has 1 aromatic carbocycles. The predicted molar refractivity (Wildman–Crippen MR) is 119 cm³/mol. The Balaban J connectivity index is 2.06. The van der Waals surface area contributed by atoms with Crippen LogP contribution in [0.15, 0.2) is 30.3 Å². The van der Waals surface area contributed by atoms with Crippen LogP contribution >= 0.6 is 0 Å². The molecule has 2 atom stereocenters. The van der Waals surface area contributed by atoms with Gasteiger partial charge >= 0.3 is 11.9 Å². The fourth-order valence-corrected chi connectivity index (χ4v) is 4.11. The first-order valence-electron chi connectivity index (χ1n) is 11.3. The van der Waals surface area contributed by atoms with Crippen molar-refractivity contribution in [2.45, 2.75) is 78.4 Å². The van der Waals surface area contributed by atoms with Crippen molar-refractivity contribution in [3.8, 4) is 0 Å². The molecule has 172 valence electrons. The summed E-state index contributed by atoms with van der Waals surface area (Å²) in [7, 11) is 1.31. The largest absolute Gasteiger partial charge is 0.467 e. The van der Waals surface area contributed by atoms with Crippen molar-refractivity contribution in [2.75, 3.05) is 7.11 Å². The van der Waals surface area contributed by atoms with E-state index in [0.717, 1.165) is 31.2 Å². The van der Waals surface area contributed by atoms with Gasteiger partial charge in [-0.2, -0.15) is 0 Å². The zero-order valence-corrected chi connectivity index (χ0v) is 19.3. The third-order valence-electron chi connectivity index (χ3n) is 5.96. The predicted octanol–water partition coefficient (Wildman–Crippen LogP) is 4.41. The molecule has 6 heteroatoms. The third-order valence-corrected chi connectivity index (χ3v) is 5.96. The number of hydrogen-bond donors (Lipinski definition) is 1. The molecule has 0 spiro atoms. The van der Waals surface area contributed by atoms with Gasteiger partial charge in [0.15, 0.2) is 0 Å². The first kappa shape index (κ1) is 24.9. The Kier molecular flexibility index (Phi) is 9.53. The lowest BCUT2D eigenvalue weighted by atomic mass is 9.81. The Bertz CT molecular complexity index is 719. The maximum Gasteiger partial charge on any atom is 0.328 e. The molecule has 1 aliphatic rings. The van der Waals surface area contributed by atoms with Crippen molar-refractivity contribution in [3.63, 3.8) is 0 Å². The number of methoxy groups -OCH3 is 1. The quantitative estimate of drug-likeness (QED) is 0.586. The summed E-state index contributed by atoms with van der Waals surface area (Å²) in [5.74, 6) is -1.28. The van der Waals surface area contributed by atoms with E-state index in [9.17, 15) is 14.4 Å². The van der Waals surface area contributed by atoms with Crippen molar-refractivity contribution in [2.24, 2.45) is 17.3 Å². The van der Waals surface area contributed by atoms with E-state index in [4.69, 9.17) is 9.47 Å². The second-order valence-electron chi connectivity index (χ2n) is 9.62. The molecule has 1 aliphatic carbocycles. The Labute approximate surface area is 186 Å². The van der Waals surface area contributed by atoms with Crippen LogP contribution in [0.3, 0.4) is 0 Å². The van der Waals surface area contributed by atoms with E-state index in [1.807, 2.05) is 51.1 Å². The number of ether oxygens (including phenoxy) is 2. The molecule has 2 rings (SSSR count). The Morgan fingerprint density at radius 1 is 1.06 bits per heavy atom. The summed E-state index contributed by atoms with van der Waals surface area (Å²) in [4.78, 5) is 38.0. The van der Waals surface area contributed by atoms with Gasteiger partial charge in [-0.3, -0.25) is 9.59 Å². The molecule has 0 saturated heterocycles. The molecule has 0 radical (unpaired) electrons. The number of amides is 1. The van der Waals surface area contributed by atoms with Crippen LogP contribution in [-0.4, -0.2) is 31.0 Å². The number of nitrogens with one attached hydrogen (secondary N) is 1. The first-order chi connectivity index (χ1) is 14.7. The van der Waals surface area contributed by atoms with Crippen molar-refractivity contribution in [1.29, 1.82) is 0 Å². The molecule has 1 aromatic rings. The van der Waals surface area contributed by atoms with Gasteiger partial charge in [-0.25, -0.2) is 4.79 Å². The van der Waals surface area contributed by atoms with Gasteiger partial charge in [0.2, 0.25) is 5.91 Å². The van der Waals surface area contributed by atoms with Crippen molar-refractivity contribution in [3.05, 3.63) is 35.9 Å². The molecule has 0 heterocycles. The van der Waals surface area contributed by atoms with Gasteiger partial charge in [-0.1, -0.05) is 83.2 Å². The van der Waals surface area contributed by atoms with E-state index < -0.39 is 29.3 Å². The van der Waals surface area contributed by atoms with Gasteiger partial charge < -0.3 is 14.8 Å². The van der Waals surface area contributed by atoms with Crippen LogP contribution in [0.2, 0.25) is 0 Å². The lowest BCUT2D eigenvalue weighted by Crippen LogP contribution is -2.51. The average Bonchev–Trinajstić information content (AvgIpc) is 2.75. The van der Waals surface area contributed by atoms with Crippen LogP contribution in [0.5, 0.6) is 0 Å². The number of esters is 2. The normalized spacial score (nSPS) is 16.8. The summed E-state index contributed by atoms with van der Waals surface area (Å²) in [6, 6.07) is 8.69. The summed E-state index contributed by atoms with van der Waals surface area (Å²) in [6.07, 6.45) is 6.32. The molecule has 1 N–H and O–H groups in total. The van der Waals surface area contributed by atoms with E-state index in [-0.39, 0.29) is 18.9 Å². The zero-order chi connectivity index (χ0) is 22.9. The van der Waals surface area contributed by atoms with Crippen molar-refractivity contribution in [1.82, 2.24) is 5.32 Å². The van der Waals surface area contributed by atoms with Crippen LogP contribution in [-0.2, 0) is 30.5 Å². The van der Waals surface area contributed by atoms with Crippen LogP contribution in [0.25, 0.3) is 0 Å². The maximum absolute atomic E-state index is 13.2. The summed E-state index contributed by atoms with van der Waals surface area (Å²) in [6.45, 7) is 5.81. The first-order valence-corrected chi connectivity index (χ1v) is 11.3. The van der Waals surface area contributed by atoms with Gasteiger partial charge in [0.05, 0.1) is 13.5 Å². The van der Waals surface area contributed by atoms with Crippen LogP contribution in [0.4, 0.5) is 0 Å². The van der Waals surface area contributed by atoms with Crippen molar-refractivity contribution >= 4 is 17.8 Å². The smallest absolute Gasteiger partial charge is 0.328 e. The fraction of sp³-hybridized carbons (Fsp3) is 0.640. The fourth-order valence-electron chi connectivity index (χ4n) is 4.11. The van der Waals surface area contributed by atoms with Gasteiger partial charge in [0, 0.05) is 5.92 Å². The van der Waals surface area contributed by atoms with Crippen LogP contribution in [0, 0.1) is 17.3 Å². The summed E-state index contributed by atoms with van der Waals surface area (Å²) in [5, 5.41) is 2.86. The SMILES string of the molecule is COC(=O)[C@@H](NC(=O)[C@@H](CC(=O)OCc1ccccc1)CC1CCCCC1)C(C)(C)C. The Hall–Kier alpha value is -2.37. The minimum atomic E-state index is -0.779. The van der Waals surface area contributed by atoms with Crippen LogP contribution < -0.4 is 5.32 Å². The van der Waals surface area contributed by atoms with E-state index >= 15 is 0 Å². The summed E-state index contributed by atoms with van der Waals surface area (Å²) < 4.78 is 10.3. The maximum atomic E-state index is 13.2. The van der Waals surface area contributed by atoms with Gasteiger partial charge in [-0.15, -0.1) is 0 Å². The minimum Gasteiger partial charge on any atom is -0.467 e. The number of hydrogen-bond acceptors (Lipinski definition) is 5. The zero-order valence-electron chi connectivity index (χ0n) is 19.3. The second-order valence-corrected chi connectivity index (χ2v) is 9.62. The van der Waals surface area contributed by atoms with E-state index in [1.165, 1.54) is 13.5 Å². The minimum absolute atomic E-state index is 0.00715. The summed E-state index contributed by atoms with van der Waals surface area (Å²) >= 11 is 0. The van der Waals surface area contributed by atoms with E-state index in [2.05, 4.69) is 5.32 Å². The number of benzene rings is 1. The van der Waals surface area contributed by atoms with E-state index in [1.54, 1.807) is 0 Å². The lowest BCUT2D eigenvalue weighted by Gasteiger charge is -2.31. The molecule has 0 unspecified atom stereocenters. The highest BCUT2D eigenvalue weighted by Gasteiger charge is 2.36.